The van der Waals surface area contributed by atoms with E-state index < -0.39 is 29.8 Å². The van der Waals surface area contributed by atoms with Gasteiger partial charge < -0.3 is 15.4 Å². The Morgan fingerprint density at radius 1 is 0.657 bits per heavy atom. The molecule has 4 aliphatic rings. The van der Waals surface area contributed by atoms with Crippen LogP contribution in [0.2, 0.25) is 0 Å². The SMILES string of the molecule is C[C@H](NC(=O)[C@@H]1CC[C@@H](c2ccccc2)C1)C(=O)CCc1ccc2c(c1)C(Cl)=CC2.C[C@H](NC(=O)[C@H]1C[C@H](c2ccccc2)CN1C(=O)OC(C)(C)C)C(=O)CCc1ccc2c(c1)C(Cl)=CC2. The summed E-state index contributed by atoms with van der Waals surface area (Å²) in [5.41, 5.74) is 8.39. The number of likely N-dealkylation sites (tertiary alicyclic amines) is 1. The van der Waals surface area contributed by atoms with Crippen LogP contribution in [0.15, 0.2) is 109 Å². The second-order valence-electron chi connectivity index (χ2n) is 19.5. The smallest absolute Gasteiger partial charge is 0.410 e. The largest absolute Gasteiger partial charge is 0.444 e. The maximum atomic E-state index is 13.3. The van der Waals surface area contributed by atoms with Crippen LogP contribution < -0.4 is 10.6 Å². The van der Waals surface area contributed by atoms with E-state index in [1.807, 2.05) is 60.7 Å². The number of aryl methyl sites for hydroxylation is 2. The zero-order valence-electron chi connectivity index (χ0n) is 39.3. The van der Waals surface area contributed by atoms with Gasteiger partial charge in [-0.3, -0.25) is 24.1 Å². The van der Waals surface area contributed by atoms with Crippen molar-refractivity contribution >= 4 is 62.7 Å². The summed E-state index contributed by atoms with van der Waals surface area (Å²) in [5.74, 6) is 0.143. The van der Waals surface area contributed by atoms with Crippen LogP contribution in [0.5, 0.6) is 0 Å². The average Bonchev–Trinajstić information content (AvgIpc) is 4.14. The minimum atomic E-state index is -0.707. The molecule has 9 nitrogen and oxygen atoms in total. The maximum Gasteiger partial charge on any atom is 0.410 e. The number of hydrogen-bond donors (Lipinski definition) is 2. The number of halogens is 2. The monoisotopic (exact) mass is 943 g/mol. The fraction of sp³-hybridized carbons (Fsp3) is 0.411. The van der Waals surface area contributed by atoms with Crippen LogP contribution in [0.25, 0.3) is 10.1 Å². The molecule has 11 heteroatoms. The van der Waals surface area contributed by atoms with Crippen molar-refractivity contribution in [3.63, 3.8) is 0 Å². The molecule has 0 radical (unpaired) electrons. The third-order valence-corrected chi connectivity index (χ3v) is 14.2. The molecule has 0 unspecified atom stereocenters. The van der Waals surface area contributed by atoms with Gasteiger partial charge in [0.2, 0.25) is 11.8 Å². The zero-order valence-corrected chi connectivity index (χ0v) is 40.8. The standard InChI is InChI=1S/C30H35ClN2O4.C26H28ClNO2/c1-19(27(34)15-11-20-10-12-22-13-14-25(31)24(22)16-20)32-28(35)26-17-23(21-8-6-5-7-9-21)18-33(26)29(36)37-30(2,3)4;1-17(25(29)14-8-18-7-9-20-12-13-24(27)23(20)15-18)28-26(30)22-11-10-21(16-22)19-5-3-2-4-6-19/h5-10,12,14,16,19,23,26H,11,13,15,17-18H2,1-4H3,(H,32,35);2-7,9,13,15,17,21-22H,8,10-12,14,16H2,1H3,(H,28,30)/t19-,23-,26+;17-,21+,22+/m00/s1. The Balaban J connectivity index is 0.000000203. The predicted octanol–water partition coefficient (Wildman–Crippen LogP) is 11.0. The highest BCUT2D eigenvalue weighted by atomic mass is 35.5. The second kappa shape index (κ2) is 22.1. The molecular formula is C56H63Cl2N3O6. The number of carbonyl (C=O) groups is 5. The number of nitrogens with one attached hydrogen (secondary N) is 2. The topological polar surface area (TPSA) is 122 Å². The van der Waals surface area contributed by atoms with Crippen molar-refractivity contribution in [3.8, 4) is 0 Å². The second-order valence-corrected chi connectivity index (χ2v) is 20.3. The third kappa shape index (κ3) is 12.9. The van der Waals surface area contributed by atoms with E-state index >= 15 is 0 Å². The lowest BCUT2D eigenvalue weighted by Gasteiger charge is -2.28. The predicted molar refractivity (Wildman–Crippen MR) is 267 cm³/mol. The van der Waals surface area contributed by atoms with E-state index in [2.05, 4.69) is 59.2 Å². The molecule has 67 heavy (non-hydrogen) atoms. The van der Waals surface area contributed by atoms with Gasteiger partial charge in [-0.2, -0.15) is 0 Å². The Kier molecular flexibility index (Phi) is 16.3. The van der Waals surface area contributed by atoms with E-state index in [0.717, 1.165) is 70.0 Å². The third-order valence-electron chi connectivity index (χ3n) is 13.4. The van der Waals surface area contributed by atoms with E-state index in [-0.39, 0.29) is 35.2 Å². The van der Waals surface area contributed by atoms with Crippen LogP contribution in [-0.2, 0) is 49.6 Å². The van der Waals surface area contributed by atoms with Gasteiger partial charge in [-0.25, -0.2) is 4.79 Å². The lowest BCUT2D eigenvalue weighted by atomic mass is 9.96. The lowest BCUT2D eigenvalue weighted by molar-refractivity contribution is -0.130. The summed E-state index contributed by atoms with van der Waals surface area (Å²) < 4.78 is 5.59. The van der Waals surface area contributed by atoms with Crippen molar-refractivity contribution in [1.82, 2.24) is 15.5 Å². The number of benzene rings is 4. The summed E-state index contributed by atoms with van der Waals surface area (Å²) >= 11 is 12.5. The van der Waals surface area contributed by atoms with E-state index in [0.29, 0.717) is 44.6 Å². The maximum absolute atomic E-state index is 13.3. The molecule has 0 aromatic heterocycles. The molecule has 6 atom stereocenters. The number of allylic oxidation sites excluding steroid dienone is 2. The molecule has 1 heterocycles. The molecule has 3 aliphatic carbocycles. The van der Waals surface area contributed by atoms with Crippen LogP contribution in [0.1, 0.15) is 129 Å². The lowest BCUT2D eigenvalue weighted by Crippen LogP contribution is -2.50. The van der Waals surface area contributed by atoms with Crippen LogP contribution in [-0.4, -0.2) is 64.6 Å². The molecule has 3 amide bonds. The Morgan fingerprint density at radius 3 is 1.66 bits per heavy atom. The zero-order chi connectivity index (χ0) is 47.8. The molecule has 4 aromatic carbocycles. The van der Waals surface area contributed by atoms with E-state index in [4.69, 9.17) is 27.9 Å². The van der Waals surface area contributed by atoms with Gasteiger partial charge in [-0.15, -0.1) is 0 Å². The summed E-state index contributed by atoms with van der Waals surface area (Å²) in [7, 11) is 0. The van der Waals surface area contributed by atoms with E-state index in [9.17, 15) is 24.0 Å². The fourth-order valence-corrected chi connectivity index (χ4v) is 10.1. The minimum absolute atomic E-state index is 0.00361. The summed E-state index contributed by atoms with van der Waals surface area (Å²) in [4.78, 5) is 66.0. The molecule has 1 saturated carbocycles. The fourth-order valence-electron chi connectivity index (χ4n) is 9.57. The van der Waals surface area contributed by atoms with E-state index in [1.165, 1.54) is 21.6 Å². The normalized spacial score (nSPS) is 20.3. The molecule has 0 spiro atoms. The Bertz CT molecular complexity index is 2510. The van der Waals surface area contributed by atoms with Gasteiger partial charge in [0.25, 0.3) is 0 Å². The number of Topliss-reactive ketones (excluding diaryl/α,β-unsaturated/α-hetero) is 2. The molecule has 0 bridgehead atoms. The van der Waals surface area contributed by atoms with Crippen LogP contribution in [0, 0.1) is 5.92 Å². The molecule has 1 aliphatic heterocycles. The molecular weight excluding hydrogens is 882 g/mol. The summed E-state index contributed by atoms with van der Waals surface area (Å²) in [5, 5.41) is 7.37. The van der Waals surface area contributed by atoms with Gasteiger partial charge >= 0.3 is 6.09 Å². The van der Waals surface area contributed by atoms with Gasteiger partial charge in [0.05, 0.1) is 12.1 Å². The molecule has 352 valence electrons. The van der Waals surface area contributed by atoms with Crippen molar-refractivity contribution in [2.24, 2.45) is 5.92 Å². The summed E-state index contributed by atoms with van der Waals surface area (Å²) in [6.07, 6.45) is 10.4. The van der Waals surface area contributed by atoms with Crippen molar-refractivity contribution in [3.05, 3.63) is 154 Å². The Labute approximate surface area is 405 Å². The van der Waals surface area contributed by atoms with Crippen LogP contribution in [0.4, 0.5) is 4.79 Å². The minimum Gasteiger partial charge on any atom is -0.444 e. The number of nitrogens with zero attached hydrogens (tertiary/aromatic N) is 1. The molecule has 2 N–H and O–H groups in total. The first-order valence-corrected chi connectivity index (χ1v) is 24.5. The van der Waals surface area contributed by atoms with Crippen LogP contribution in [0.3, 0.4) is 0 Å². The summed E-state index contributed by atoms with van der Waals surface area (Å²) in [6, 6.07) is 30.8. The number of fused-ring (bicyclic) bond motifs is 2. The van der Waals surface area contributed by atoms with Gasteiger partial charge in [-0.1, -0.05) is 120 Å². The number of hydrogen-bond acceptors (Lipinski definition) is 6. The van der Waals surface area contributed by atoms with Crippen LogP contribution >= 0.6 is 23.2 Å². The number of ketones is 2. The van der Waals surface area contributed by atoms with Gasteiger partial charge in [0.15, 0.2) is 11.6 Å². The van der Waals surface area contributed by atoms with E-state index in [1.54, 1.807) is 34.6 Å². The molecule has 4 aromatic rings. The number of carbonyl (C=O) groups excluding carboxylic acids is 5. The molecule has 2 fully saturated rings. The highest BCUT2D eigenvalue weighted by Crippen LogP contribution is 2.39. The van der Waals surface area contributed by atoms with Crippen molar-refractivity contribution in [1.29, 1.82) is 0 Å². The van der Waals surface area contributed by atoms with Gasteiger partial charge in [0, 0.05) is 41.3 Å². The average molecular weight is 945 g/mol. The van der Waals surface area contributed by atoms with Crippen molar-refractivity contribution in [2.75, 3.05) is 6.54 Å². The first kappa shape index (κ1) is 49.4. The molecule has 8 rings (SSSR count). The van der Waals surface area contributed by atoms with Crippen molar-refractivity contribution < 1.29 is 28.7 Å². The Hall–Kier alpha value is -5.51. The van der Waals surface area contributed by atoms with Gasteiger partial charge in [0.1, 0.15) is 11.6 Å². The number of amides is 3. The quantitative estimate of drug-likeness (QED) is 0.130. The number of ether oxygens (including phenoxy) is 1. The highest BCUT2D eigenvalue weighted by molar-refractivity contribution is 6.49. The molecule has 1 saturated heterocycles. The van der Waals surface area contributed by atoms with Crippen molar-refractivity contribution in [2.45, 2.75) is 134 Å². The van der Waals surface area contributed by atoms with Gasteiger partial charge in [-0.05, 0) is 149 Å². The first-order chi connectivity index (χ1) is 32.0. The first-order valence-electron chi connectivity index (χ1n) is 23.7. The summed E-state index contributed by atoms with van der Waals surface area (Å²) in [6.45, 7) is 9.29. The Morgan fingerprint density at radius 2 is 1.15 bits per heavy atom. The highest BCUT2D eigenvalue weighted by Gasteiger charge is 2.42. The number of rotatable bonds is 14.